The first-order valence-electron chi connectivity index (χ1n) is 19.9. The standard InChI is InChI=1S/C54H36N4/c1-33-13-3-7-17-40(33)41-26-23-38(29-34(41)2)53-54(56-47-21-11-10-20-46(47)55-53)58-49-28-24-35-14-6-8-18-42(35)52(49)44-27-25-39(32-51(44)58)57-48-22-12-9-19-43(48)45-30-36-15-4-5-16-37(36)31-50(45)57/h3-32H,1-2H3. The number of hydrogen-bond donors (Lipinski definition) is 0. The highest BCUT2D eigenvalue weighted by atomic mass is 15.1. The van der Waals surface area contributed by atoms with Crippen molar-refractivity contribution in [2.24, 2.45) is 0 Å². The smallest absolute Gasteiger partial charge is 0.165 e. The molecule has 0 spiro atoms. The van der Waals surface area contributed by atoms with Crippen molar-refractivity contribution in [1.29, 1.82) is 0 Å². The van der Waals surface area contributed by atoms with E-state index < -0.39 is 0 Å². The number of rotatable bonds is 4. The minimum atomic E-state index is 0.808. The van der Waals surface area contributed by atoms with Gasteiger partial charge in [0.2, 0.25) is 0 Å². The molecule has 12 rings (SSSR count). The van der Waals surface area contributed by atoms with Crippen molar-refractivity contribution < 1.29 is 0 Å². The zero-order valence-electron chi connectivity index (χ0n) is 32.1. The van der Waals surface area contributed by atoms with Crippen molar-refractivity contribution in [2.45, 2.75) is 13.8 Å². The average molecular weight is 741 g/mol. The Labute approximate surface area is 334 Å². The highest BCUT2D eigenvalue weighted by Gasteiger charge is 2.23. The third kappa shape index (κ3) is 4.82. The van der Waals surface area contributed by atoms with E-state index in [0.717, 1.165) is 44.8 Å². The molecule has 3 aromatic heterocycles. The summed E-state index contributed by atoms with van der Waals surface area (Å²) in [6, 6.07) is 65.8. The molecule has 58 heavy (non-hydrogen) atoms. The maximum Gasteiger partial charge on any atom is 0.165 e. The molecule has 0 bridgehead atoms. The lowest BCUT2D eigenvalue weighted by molar-refractivity contribution is 1.08. The Balaban J connectivity index is 1.18. The fraction of sp³-hybridized carbons (Fsp3) is 0.0370. The van der Waals surface area contributed by atoms with Crippen LogP contribution in [0, 0.1) is 13.8 Å². The summed E-state index contributed by atoms with van der Waals surface area (Å²) in [4.78, 5) is 11.0. The summed E-state index contributed by atoms with van der Waals surface area (Å²) in [5, 5.41) is 9.75. The van der Waals surface area contributed by atoms with Gasteiger partial charge in [0.05, 0.1) is 33.1 Å². The van der Waals surface area contributed by atoms with Crippen molar-refractivity contribution in [1.82, 2.24) is 19.1 Å². The van der Waals surface area contributed by atoms with Crippen LogP contribution in [0.5, 0.6) is 0 Å². The molecule has 4 heteroatoms. The van der Waals surface area contributed by atoms with Crippen LogP contribution in [0.15, 0.2) is 182 Å². The normalized spacial score (nSPS) is 12.0. The van der Waals surface area contributed by atoms with Gasteiger partial charge in [0.15, 0.2) is 5.82 Å². The molecule has 0 N–H and O–H groups in total. The molecule has 0 amide bonds. The van der Waals surface area contributed by atoms with Crippen molar-refractivity contribution >= 4 is 76.2 Å². The molecule has 272 valence electrons. The first kappa shape index (κ1) is 32.7. The van der Waals surface area contributed by atoms with Crippen LogP contribution in [0.2, 0.25) is 0 Å². The number of benzene rings is 9. The summed E-state index contributed by atoms with van der Waals surface area (Å²) in [7, 11) is 0. The second-order valence-corrected chi connectivity index (χ2v) is 15.5. The number of para-hydroxylation sites is 3. The van der Waals surface area contributed by atoms with Crippen LogP contribution in [0.3, 0.4) is 0 Å². The largest absolute Gasteiger partial charge is 0.309 e. The second-order valence-electron chi connectivity index (χ2n) is 15.5. The molecule has 4 nitrogen and oxygen atoms in total. The molecule has 0 radical (unpaired) electrons. The van der Waals surface area contributed by atoms with Gasteiger partial charge in [-0.15, -0.1) is 0 Å². The molecule has 0 aliphatic rings. The predicted octanol–water partition coefficient (Wildman–Crippen LogP) is 14.1. The summed E-state index contributed by atoms with van der Waals surface area (Å²) >= 11 is 0. The zero-order chi connectivity index (χ0) is 38.5. The Morgan fingerprint density at radius 3 is 1.88 bits per heavy atom. The Hall–Kier alpha value is -7.56. The molecular formula is C54H36N4. The van der Waals surface area contributed by atoms with E-state index in [4.69, 9.17) is 9.97 Å². The van der Waals surface area contributed by atoms with Crippen LogP contribution >= 0.6 is 0 Å². The summed E-state index contributed by atoms with van der Waals surface area (Å²) in [6.45, 7) is 4.38. The van der Waals surface area contributed by atoms with Gasteiger partial charge in [-0.25, -0.2) is 9.97 Å². The van der Waals surface area contributed by atoms with E-state index in [0.29, 0.717) is 0 Å². The lowest BCUT2D eigenvalue weighted by Gasteiger charge is -2.16. The van der Waals surface area contributed by atoms with Gasteiger partial charge in [-0.05, 0) is 112 Å². The van der Waals surface area contributed by atoms with Crippen molar-refractivity contribution in [3.05, 3.63) is 193 Å². The molecule has 0 aliphatic carbocycles. The molecule has 0 fully saturated rings. The molecular weight excluding hydrogens is 705 g/mol. The molecule has 0 saturated carbocycles. The molecule has 9 aromatic carbocycles. The van der Waals surface area contributed by atoms with Crippen LogP contribution < -0.4 is 0 Å². The van der Waals surface area contributed by atoms with E-state index in [2.05, 4.69) is 193 Å². The number of aryl methyl sites for hydroxylation is 2. The van der Waals surface area contributed by atoms with Crippen LogP contribution in [0.4, 0.5) is 0 Å². The lowest BCUT2D eigenvalue weighted by atomic mass is 9.94. The maximum atomic E-state index is 5.52. The lowest BCUT2D eigenvalue weighted by Crippen LogP contribution is -2.04. The summed E-state index contributed by atoms with van der Waals surface area (Å²) in [5.41, 5.74) is 14.2. The molecule has 12 aromatic rings. The monoisotopic (exact) mass is 740 g/mol. The Morgan fingerprint density at radius 2 is 1.05 bits per heavy atom. The highest BCUT2D eigenvalue weighted by Crippen LogP contribution is 2.42. The first-order valence-corrected chi connectivity index (χ1v) is 19.9. The van der Waals surface area contributed by atoms with E-state index in [1.807, 2.05) is 12.1 Å². The summed E-state index contributed by atoms with van der Waals surface area (Å²) < 4.78 is 4.79. The average Bonchev–Trinajstić information content (AvgIpc) is 3.77. The van der Waals surface area contributed by atoms with E-state index in [-0.39, 0.29) is 0 Å². The van der Waals surface area contributed by atoms with Gasteiger partial charge < -0.3 is 4.57 Å². The van der Waals surface area contributed by atoms with Crippen molar-refractivity contribution in [3.63, 3.8) is 0 Å². The molecule has 0 aliphatic heterocycles. The number of nitrogens with zero attached hydrogens (tertiary/aromatic N) is 4. The second kappa shape index (κ2) is 12.5. The Bertz CT molecular complexity index is 3660. The van der Waals surface area contributed by atoms with Gasteiger partial charge in [-0.1, -0.05) is 127 Å². The van der Waals surface area contributed by atoms with E-state index in [9.17, 15) is 0 Å². The fourth-order valence-electron chi connectivity index (χ4n) is 9.40. The van der Waals surface area contributed by atoms with Crippen molar-refractivity contribution in [2.75, 3.05) is 0 Å². The van der Waals surface area contributed by atoms with Gasteiger partial charge >= 0.3 is 0 Å². The number of aromatic nitrogens is 4. The third-order valence-corrected chi connectivity index (χ3v) is 12.1. The van der Waals surface area contributed by atoms with Crippen LogP contribution in [0.1, 0.15) is 11.1 Å². The van der Waals surface area contributed by atoms with Crippen molar-refractivity contribution in [3.8, 4) is 33.9 Å². The van der Waals surface area contributed by atoms with Crippen LogP contribution in [-0.4, -0.2) is 19.1 Å². The van der Waals surface area contributed by atoms with Gasteiger partial charge in [-0.3, -0.25) is 4.57 Å². The van der Waals surface area contributed by atoms with Gasteiger partial charge in [0.1, 0.15) is 5.69 Å². The van der Waals surface area contributed by atoms with Crippen LogP contribution in [-0.2, 0) is 0 Å². The number of fused-ring (bicyclic) bond motifs is 10. The topological polar surface area (TPSA) is 35.6 Å². The summed E-state index contributed by atoms with van der Waals surface area (Å²) in [6.07, 6.45) is 0. The number of hydrogen-bond acceptors (Lipinski definition) is 2. The molecule has 0 saturated heterocycles. The zero-order valence-corrected chi connectivity index (χ0v) is 32.1. The molecule has 0 unspecified atom stereocenters. The van der Waals surface area contributed by atoms with Gasteiger partial charge in [0, 0.05) is 32.8 Å². The highest BCUT2D eigenvalue weighted by molar-refractivity contribution is 6.22. The fourth-order valence-corrected chi connectivity index (χ4v) is 9.40. The SMILES string of the molecule is Cc1ccccc1-c1ccc(-c2nc3ccccc3nc2-n2c3cc(-n4c5ccccc5c5cc6ccccc6cc54)ccc3c3c4ccccc4ccc32)cc1C. The third-order valence-electron chi connectivity index (χ3n) is 12.1. The quantitative estimate of drug-likeness (QED) is 0.180. The predicted molar refractivity (Wildman–Crippen MR) is 244 cm³/mol. The Kier molecular flexibility index (Phi) is 7.02. The minimum Gasteiger partial charge on any atom is -0.309 e. The van der Waals surface area contributed by atoms with E-state index in [1.165, 1.54) is 76.4 Å². The minimum absolute atomic E-state index is 0.808. The van der Waals surface area contributed by atoms with Gasteiger partial charge in [-0.2, -0.15) is 0 Å². The van der Waals surface area contributed by atoms with Gasteiger partial charge in [0.25, 0.3) is 0 Å². The molecule has 3 heterocycles. The molecule has 0 atom stereocenters. The van der Waals surface area contributed by atoms with E-state index in [1.54, 1.807) is 0 Å². The van der Waals surface area contributed by atoms with Crippen LogP contribution in [0.25, 0.3) is 110 Å². The summed E-state index contributed by atoms with van der Waals surface area (Å²) in [5.74, 6) is 0.808. The maximum absolute atomic E-state index is 5.52. The first-order chi connectivity index (χ1) is 28.6. The van der Waals surface area contributed by atoms with E-state index >= 15 is 0 Å². The Morgan fingerprint density at radius 1 is 0.379 bits per heavy atom.